The van der Waals surface area contributed by atoms with E-state index in [2.05, 4.69) is 21.7 Å². The van der Waals surface area contributed by atoms with Gasteiger partial charge in [0.2, 0.25) is 11.8 Å². The molecule has 0 saturated heterocycles. The number of carbonyl (C=O) groups is 3. The average molecular weight is 443 g/mol. The van der Waals surface area contributed by atoms with E-state index in [0.717, 1.165) is 5.56 Å². The number of nitrogens with one attached hydrogen (secondary N) is 2. The van der Waals surface area contributed by atoms with Crippen molar-refractivity contribution in [1.29, 1.82) is 5.26 Å². The molecule has 0 spiro atoms. The van der Waals surface area contributed by atoms with Crippen LogP contribution in [-0.2, 0) is 19.1 Å². The van der Waals surface area contributed by atoms with Gasteiger partial charge in [-0.3, -0.25) is 14.6 Å². The minimum Gasteiger partial charge on any atom is -0.464 e. The summed E-state index contributed by atoms with van der Waals surface area (Å²) >= 11 is 0. The van der Waals surface area contributed by atoms with Crippen LogP contribution < -0.4 is 10.6 Å². The Morgan fingerprint density at radius 3 is 2.19 bits per heavy atom. The van der Waals surface area contributed by atoms with Crippen molar-refractivity contribution < 1.29 is 19.1 Å². The summed E-state index contributed by atoms with van der Waals surface area (Å²) in [4.78, 5) is 42.1. The van der Waals surface area contributed by atoms with Crippen molar-refractivity contribution in [2.75, 3.05) is 6.61 Å². The van der Waals surface area contributed by atoms with Crippen LogP contribution in [0, 0.1) is 23.2 Å². The Balaban J connectivity index is 2.96. The first kappa shape index (κ1) is 26.8. The number of nitrogens with zero attached hydrogens (tertiary/aromatic N) is 2. The lowest BCUT2D eigenvalue weighted by molar-refractivity contribution is -0.147. The molecule has 0 saturated carbocycles. The molecule has 0 aliphatic heterocycles. The van der Waals surface area contributed by atoms with Gasteiger partial charge in [-0.15, -0.1) is 0 Å². The topological polar surface area (TPSA) is 121 Å². The third kappa shape index (κ3) is 8.14. The Morgan fingerprint density at radius 2 is 1.69 bits per heavy atom. The predicted molar refractivity (Wildman–Crippen MR) is 123 cm³/mol. The summed E-state index contributed by atoms with van der Waals surface area (Å²) < 4.78 is 4.93. The molecule has 1 aromatic carbocycles. The SMILES string of the molecule is CCOC(=O)[C@H](C)NC(=O)[C@@H](NC(=O)[C@@H](N=Cc1ccc(C#N)cc1)C(C)C)[C@@H](C)CC. The number of amides is 2. The molecule has 0 fully saturated rings. The molecule has 0 bridgehead atoms. The maximum atomic E-state index is 13.0. The van der Waals surface area contributed by atoms with Gasteiger partial charge in [-0.1, -0.05) is 46.2 Å². The second-order valence-corrected chi connectivity index (χ2v) is 8.05. The quantitative estimate of drug-likeness (QED) is 0.403. The number of esters is 1. The van der Waals surface area contributed by atoms with E-state index in [1.165, 1.54) is 0 Å². The smallest absolute Gasteiger partial charge is 0.328 e. The zero-order valence-corrected chi connectivity index (χ0v) is 19.7. The minimum absolute atomic E-state index is 0.108. The summed E-state index contributed by atoms with van der Waals surface area (Å²) in [6.07, 6.45) is 2.25. The molecule has 2 amide bonds. The highest BCUT2D eigenvalue weighted by atomic mass is 16.5. The zero-order valence-electron chi connectivity index (χ0n) is 19.7. The third-order valence-electron chi connectivity index (χ3n) is 5.12. The molecule has 1 rings (SSSR count). The molecule has 4 atom stereocenters. The summed E-state index contributed by atoms with van der Waals surface area (Å²) in [5.41, 5.74) is 1.31. The highest BCUT2D eigenvalue weighted by Gasteiger charge is 2.31. The Kier molecular flexibility index (Phi) is 11.1. The number of benzene rings is 1. The first-order valence-electron chi connectivity index (χ1n) is 10.9. The lowest BCUT2D eigenvalue weighted by Crippen LogP contribution is -2.55. The van der Waals surface area contributed by atoms with E-state index in [0.29, 0.717) is 12.0 Å². The van der Waals surface area contributed by atoms with Crippen LogP contribution in [0.3, 0.4) is 0 Å². The molecule has 0 radical (unpaired) electrons. The third-order valence-corrected chi connectivity index (χ3v) is 5.12. The van der Waals surface area contributed by atoms with Crippen molar-refractivity contribution in [2.45, 2.75) is 66.1 Å². The average Bonchev–Trinajstić information content (AvgIpc) is 2.77. The fourth-order valence-corrected chi connectivity index (χ4v) is 2.92. The molecule has 0 aliphatic rings. The van der Waals surface area contributed by atoms with Crippen LogP contribution in [0.1, 0.15) is 59.1 Å². The van der Waals surface area contributed by atoms with Gasteiger partial charge < -0.3 is 15.4 Å². The maximum Gasteiger partial charge on any atom is 0.328 e. The number of hydrogen-bond donors (Lipinski definition) is 2. The lowest BCUT2D eigenvalue weighted by atomic mass is 9.96. The Hall–Kier alpha value is -3.21. The molecule has 0 unspecified atom stereocenters. The van der Waals surface area contributed by atoms with E-state index in [1.54, 1.807) is 44.3 Å². The molecule has 8 heteroatoms. The van der Waals surface area contributed by atoms with E-state index in [9.17, 15) is 14.4 Å². The van der Waals surface area contributed by atoms with Gasteiger partial charge in [0.1, 0.15) is 18.1 Å². The number of nitriles is 1. The summed E-state index contributed by atoms with van der Waals surface area (Å²) in [6, 6.07) is 6.59. The molecule has 174 valence electrons. The molecule has 0 aromatic heterocycles. The van der Waals surface area contributed by atoms with Gasteiger partial charge in [0.15, 0.2) is 0 Å². The van der Waals surface area contributed by atoms with Crippen LogP contribution in [0.5, 0.6) is 0 Å². The van der Waals surface area contributed by atoms with E-state index in [4.69, 9.17) is 10.00 Å². The van der Waals surface area contributed by atoms with Crippen molar-refractivity contribution in [3.63, 3.8) is 0 Å². The van der Waals surface area contributed by atoms with Gasteiger partial charge in [0.25, 0.3) is 0 Å². The van der Waals surface area contributed by atoms with Gasteiger partial charge in [0.05, 0.1) is 18.2 Å². The molecule has 8 nitrogen and oxygen atoms in total. The fraction of sp³-hybridized carbons (Fsp3) is 0.542. The van der Waals surface area contributed by atoms with Crippen LogP contribution in [0.15, 0.2) is 29.3 Å². The molecule has 1 aromatic rings. The van der Waals surface area contributed by atoms with Crippen molar-refractivity contribution in [3.05, 3.63) is 35.4 Å². The van der Waals surface area contributed by atoms with Gasteiger partial charge in [0, 0.05) is 6.21 Å². The monoisotopic (exact) mass is 442 g/mol. The normalized spacial score (nSPS) is 14.8. The highest BCUT2D eigenvalue weighted by molar-refractivity contribution is 5.93. The summed E-state index contributed by atoms with van der Waals surface area (Å²) in [5, 5.41) is 14.4. The molecule has 2 N–H and O–H groups in total. The molecule has 0 aliphatic carbocycles. The van der Waals surface area contributed by atoms with Crippen molar-refractivity contribution in [2.24, 2.45) is 16.8 Å². The summed E-state index contributed by atoms with van der Waals surface area (Å²) in [6.45, 7) is 11.0. The first-order valence-corrected chi connectivity index (χ1v) is 10.9. The molecule has 32 heavy (non-hydrogen) atoms. The minimum atomic E-state index is -0.818. The summed E-state index contributed by atoms with van der Waals surface area (Å²) in [7, 11) is 0. The fourth-order valence-electron chi connectivity index (χ4n) is 2.92. The Bertz CT molecular complexity index is 843. The lowest BCUT2D eigenvalue weighted by Gasteiger charge is -2.27. The molecular weight excluding hydrogens is 408 g/mol. The van der Waals surface area contributed by atoms with E-state index < -0.39 is 30.0 Å². The Labute approximate surface area is 190 Å². The molecular formula is C24H34N4O4. The maximum absolute atomic E-state index is 13.0. The number of carbonyl (C=O) groups excluding carboxylic acids is 3. The first-order chi connectivity index (χ1) is 15.1. The second kappa shape index (κ2) is 13.3. The van der Waals surface area contributed by atoms with E-state index in [-0.39, 0.29) is 24.3 Å². The summed E-state index contributed by atoms with van der Waals surface area (Å²) in [5.74, 6) is -1.59. The van der Waals surface area contributed by atoms with Crippen molar-refractivity contribution in [3.8, 4) is 6.07 Å². The largest absolute Gasteiger partial charge is 0.464 e. The van der Waals surface area contributed by atoms with Crippen LogP contribution in [0.4, 0.5) is 0 Å². The number of ether oxygens (including phenoxy) is 1. The van der Waals surface area contributed by atoms with E-state index in [1.807, 2.05) is 27.7 Å². The molecule has 0 heterocycles. The van der Waals surface area contributed by atoms with Gasteiger partial charge in [-0.05, 0) is 43.4 Å². The number of hydrogen-bond acceptors (Lipinski definition) is 6. The van der Waals surface area contributed by atoms with Crippen LogP contribution >= 0.6 is 0 Å². The van der Waals surface area contributed by atoms with E-state index >= 15 is 0 Å². The van der Waals surface area contributed by atoms with Gasteiger partial charge >= 0.3 is 5.97 Å². The standard InChI is InChI=1S/C24H34N4O4/c1-7-16(5)21(23(30)27-17(6)24(31)32-8-2)28-22(29)20(15(3)4)26-14-19-11-9-18(13-25)10-12-19/h9-12,14-17,20-21H,7-8H2,1-6H3,(H,27,30)(H,28,29)/t16-,17-,20-,21-/m0/s1. The van der Waals surface area contributed by atoms with Gasteiger partial charge in [-0.25, -0.2) is 4.79 Å². The van der Waals surface area contributed by atoms with Crippen LogP contribution in [-0.4, -0.2) is 48.7 Å². The highest BCUT2D eigenvalue weighted by Crippen LogP contribution is 2.13. The zero-order chi connectivity index (χ0) is 24.3. The van der Waals surface area contributed by atoms with Crippen molar-refractivity contribution in [1.82, 2.24) is 10.6 Å². The predicted octanol–water partition coefficient (Wildman–Crippen LogP) is 2.60. The second-order valence-electron chi connectivity index (χ2n) is 8.05. The number of aliphatic imine (C=N–C) groups is 1. The van der Waals surface area contributed by atoms with Crippen molar-refractivity contribution >= 4 is 24.0 Å². The van der Waals surface area contributed by atoms with Crippen LogP contribution in [0.25, 0.3) is 0 Å². The van der Waals surface area contributed by atoms with Gasteiger partial charge in [-0.2, -0.15) is 5.26 Å². The van der Waals surface area contributed by atoms with Crippen LogP contribution in [0.2, 0.25) is 0 Å². The number of rotatable bonds is 11. The Morgan fingerprint density at radius 1 is 1.06 bits per heavy atom.